The predicted octanol–water partition coefficient (Wildman–Crippen LogP) is 2.44. The van der Waals surface area contributed by atoms with Gasteiger partial charge >= 0.3 is 0 Å². The molecule has 0 saturated carbocycles. The van der Waals surface area contributed by atoms with Crippen molar-refractivity contribution < 1.29 is 4.79 Å². The average molecular weight is 304 g/mol. The molecule has 3 rings (SSSR count). The molecule has 0 saturated heterocycles. The molecule has 1 aliphatic rings. The van der Waals surface area contributed by atoms with Gasteiger partial charge in [0.05, 0.1) is 24.1 Å². The van der Waals surface area contributed by atoms with E-state index in [-0.39, 0.29) is 17.9 Å². The van der Waals surface area contributed by atoms with Gasteiger partial charge in [-0.2, -0.15) is 5.26 Å². The van der Waals surface area contributed by atoms with E-state index < -0.39 is 0 Å². The molecule has 1 aliphatic heterocycles. The molecule has 5 nitrogen and oxygen atoms in total. The summed E-state index contributed by atoms with van der Waals surface area (Å²) in [6, 6.07) is 17.1. The average Bonchev–Trinajstić information content (AvgIpc) is 2.59. The zero-order valence-electron chi connectivity index (χ0n) is 12.7. The second kappa shape index (κ2) is 5.93. The first-order chi connectivity index (χ1) is 11.1. The van der Waals surface area contributed by atoms with Gasteiger partial charge in [-0.3, -0.25) is 9.69 Å². The normalized spacial score (nSPS) is 17.6. The third-order valence-electron chi connectivity index (χ3n) is 3.97. The van der Waals surface area contributed by atoms with Crippen molar-refractivity contribution >= 4 is 11.9 Å². The van der Waals surface area contributed by atoms with Crippen LogP contribution in [0.5, 0.6) is 0 Å². The summed E-state index contributed by atoms with van der Waals surface area (Å²) in [6.45, 7) is 0. The molecule has 114 valence electrons. The number of hydrogen-bond acceptors (Lipinski definition) is 4. The Morgan fingerprint density at radius 3 is 2.61 bits per heavy atom. The molecule has 2 N–H and O–H groups in total. The highest BCUT2D eigenvalue weighted by Crippen LogP contribution is 2.29. The van der Waals surface area contributed by atoms with Crippen molar-refractivity contribution in [2.45, 2.75) is 12.5 Å². The van der Waals surface area contributed by atoms with Crippen LogP contribution in [0.2, 0.25) is 0 Å². The molecule has 0 bridgehead atoms. The summed E-state index contributed by atoms with van der Waals surface area (Å²) in [5.74, 6) is 0.197. The van der Waals surface area contributed by atoms with E-state index in [2.05, 4.69) is 11.1 Å². The number of nitriles is 1. The SMILES string of the molecule is CN1C(=O)C[C@@H](c2cccc(-c3cccc(C#N)c3)c2)N=C1N. The summed E-state index contributed by atoms with van der Waals surface area (Å²) in [7, 11) is 1.63. The molecular weight excluding hydrogens is 288 g/mol. The molecule has 1 atom stereocenters. The van der Waals surface area contributed by atoms with E-state index in [9.17, 15) is 4.79 Å². The van der Waals surface area contributed by atoms with Gasteiger partial charge in [0.15, 0.2) is 5.96 Å². The van der Waals surface area contributed by atoms with Crippen LogP contribution in [0.15, 0.2) is 53.5 Å². The minimum absolute atomic E-state index is 0.0422. The number of aliphatic imine (C=N–C) groups is 1. The van der Waals surface area contributed by atoms with Crippen LogP contribution in [0.25, 0.3) is 11.1 Å². The number of nitrogens with zero attached hydrogens (tertiary/aromatic N) is 3. The number of rotatable bonds is 2. The topological polar surface area (TPSA) is 82.5 Å². The lowest BCUT2D eigenvalue weighted by atomic mass is 9.96. The number of benzene rings is 2. The third-order valence-corrected chi connectivity index (χ3v) is 3.97. The van der Waals surface area contributed by atoms with Crippen molar-refractivity contribution in [3.8, 4) is 17.2 Å². The highest BCUT2D eigenvalue weighted by Gasteiger charge is 2.25. The number of nitrogens with two attached hydrogens (primary N) is 1. The molecule has 0 fully saturated rings. The number of guanidine groups is 1. The standard InChI is InChI=1S/C18H16N4O/c1-22-17(23)10-16(21-18(22)20)15-7-3-6-14(9-15)13-5-2-4-12(8-13)11-19/h2-9,16H,10H2,1H3,(H2,20,21)/t16-/m0/s1. The second-order valence-electron chi connectivity index (χ2n) is 5.48. The van der Waals surface area contributed by atoms with Crippen LogP contribution in [-0.4, -0.2) is 23.8 Å². The van der Waals surface area contributed by atoms with Crippen LogP contribution in [0.3, 0.4) is 0 Å². The molecule has 0 aromatic heterocycles. The van der Waals surface area contributed by atoms with Crippen LogP contribution in [0, 0.1) is 11.3 Å². The van der Waals surface area contributed by atoms with E-state index in [0.29, 0.717) is 12.0 Å². The fraction of sp³-hybridized carbons (Fsp3) is 0.167. The molecular formula is C18H16N4O. The van der Waals surface area contributed by atoms with Crippen molar-refractivity contribution in [1.29, 1.82) is 5.26 Å². The van der Waals surface area contributed by atoms with E-state index >= 15 is 0 Å². The molecule has 2 aromatic rings. The Morgan fingerprint density at radius 1 is 1.22 bits per heavy atom. The Bertz CT molecular complexity index is 835. The lowest BCUT2D eigenvalue weighted by Crippen LogP contribution is -2.42. The number of hydrogen-bond donors (Lipinski definition) is 1. The fourth-order valence-corrected chi connectivity index (χ4v) is 2.61. The maximum absolute atomic E-state index is 12.0. The second-order valence-corrected chi connectivity index (χ2v) is 5.48. The minimum Gasteiger partial charge on any atom is -0.369 e. The van der Waals surface area contributed by atoms with Gasteiger partial charge < -0.3 is 5.73 Å². The third kappa shape index (κ3) is 2.92. The Balaban J connectivity index is 1.97. The monoisotopic (exact) mass is 304 g/mol. The van der Waals surface area contributed by atoms with Gasteiger partial charge in [-0.1, -0.05) is 30.3 Å². The maximum Gasteiger partial charge on any atom is 0.231 e. The molecule has 1 amide bonds. The van der Waals surface area contributed by atoms with E-state index in [1.807, 2.05) is 42.5 Å². The van der Waals surface area contributed by atoms with Crippen molar-refractivity contribution in [2.75, 3.05) is 7.05 Å². The van der Waals surface area contributed by atoms with Gasteiger partial charge in [0.1, 0.15) is 0 Å². The van der Waals surface area contributed by atoms with Gasteiger partial charge in [0.2, 0.25) is 5.91 Å². The Labute approximate surface area is 134 Å². The lowest BCUT2D eigenvalue weighted by Gasteiger charge is -2.25. The predicted molar refractivity (Wildman–Crippen MR) is 88.3 cm³/mol. The lowest BCUT2D eigenvalue weighted by molar-refractivity contribution is -0.127. The summed E-state index contributed by atoms with van der Waals surface area (Å²) in [6.07, 6.45) is 0.304. The number of amides is 1. The molecule has 0 aliphatic carbocycles. The van der Waals surface area contributed by atoms with E-state index in [1.165, 1.54) is 4.90 Å². The smallest absolute Gasteiger partial charge is 0.231 e. The number of carbonyl (C=O) groups excluding carboxylic acids is 1. The van der Waals surface area contributed by atoms with Crippen LogP contribution >= 0.6 is 0 Å². The van der Waals surface area contributed by atoms with Gasteiger partial charge in [0, 0.05) is 7.05 Å². The van der Waals surface area contributed by atoms with Gasteiger partial charge in [-0.15, -0.1) is 0 Å². The number of carbonyl (C=O) groups is 1. The molecule has 5 heteroatoms. The van der Waals surface area contributed by atoms with Gasteiger partial charge in [-0.05, 0) is 34.9 Å². The molecule has 0 radical (unpaired) electrons. The van der Waals surface area contributed by atoms with Crippen LogP contribution in [-0.2, 0) is 4.79 Å². The first-order valence-electron chi connectivity index (χ1n) is 7.29. The Morgan fingerprint density at radius 2 is 1.91 bits per heavy atom. The summed E-state index contributed by atoms with van der Waals surface area (Å²) < 4.78 is 0. The minimum atomic E-state index is -0.266. The molecule has 0 unspecified atom stereocenters. The Kier molecular flexibility index (Phi) is 3.82. The molecule has 2 aromatic carbocycles. The molecule has 23 heavy (non-hydrogen) atoms. The van der Waals surface area contributed by atoms with Crippen molar-refractivity contribution in [1.82, 2.24) is 4.90 Å². The highest BCUT2D eigenvalue weighted by atomic mass is 16.2. The fourth-order valence-electron chi connectivity index (χ4n) is 2.61. The van der Waals surface area contributed by atoms with E-state index in [1.54, 1.807) is 13.1 Å². The first kappa shape index (κ1) is 14.8. The van der Waals surface area contributed by atoms with Crippen LogP contribution in [0.4, 0.5) is 0 Å². The zero-order valence-corrected chi connectivity index (χ0v) is 12.7. The van der Waals surface area contributed by atoms with Gasteiger partial charge in [-0.25, -0.2) is 4.99 Å². The van der Waals surface area contributed by atoms with Crippen molar-refractivity contribution in [2.24, 2.45) is 10.7 Å². The summed E-state index contributed by atoms with van der Waals surface area (Å²) in [4.78, 5) is 17.7. The summed E-state index contributed by atoms with van der Waals surface area (Å²) in [5.41, 5.74) is 9.30. The van der Waals surface area contributed by atoms with Crippen molar-refractivity contribution in [3.63, 3.8) is 0 Å². The Hall–Kier alpha value is -3.13. The van der Waals surface area contributed by atoms with E-state index in [0.717, 1.165) is 16.7 Å². The quantitative estimate of drug-likeness (QED) is 0.925. The maximum atomic E-state index is 12.0. The largest absolute Gasteiger partial charge is 0.369 e. The van der Waals surface area contributed by atoms with Crippen molar-refractivity contribution in [3.05, 3.63) is 59.7 Å². The van der Waals surface area contributed by atoms with Gasteiger partial charge in [0.25, 0.3) is 0 Å². The van der Waals surface area contributed by atoms with E-state index in [4.69, 9.17) is 11.0 Å². The molecule has 1 heterocycles. The summed E-state index contributed by atoms with van der Waals surface area (Å²) >= 11 is 0. The highest BCUT2D eigenvalue weighted by molar-refractivity contribution is 5.98. The summed E-state index contributed by atoms with van der Waals surface area (Å²) in [5, 5.41) is 9.03. The van der Waals surface area contributed by atoms with Crippen LogP contribution < -0.4 is 5.73 Å². The molecule has 0 spiro atoms. The zero-order chi connectivity index (χ0) is 16.4. The first-order valence-corrected chi connectivity index (χ1v) is 7.29. The van der Waals surface area contributed by atoms with Crippen LogP contribution in [0.1, 0.15) is 23.6 Å².